The number of benzene rings is 1. The molecule has 24 heavy (non-hydrogen) atoms. The van der Waals surface area contributed by atoms with E-state index in [0.717, 1.165) is 5.69 Å². The van der Waals surface area contributed by atoms with Gasteiger partial charge >= 0.3 is 17.4 Å². The maximum Gasteiger partial charge on any atom is 3.00 e. The van der Waals surface area contributed by atoms with E-state index in [4.69, 9.17) is 5.32 Å². The van der Waals surface area contributed by atoms with Crippen molar-refractivity contribution in [2.75, 3.05) is 0 Å². The summed E-state index contributed by atoms with van der Waals surface area (Å²) in [5, 5.41) is 14.4. The zero-order valence-electron chi connectivity index (χ0n) is 17.1. The predicted molar refractivity (Wildman–Crippen MR) is 111 cm³/mol. The smallest absolute Gasteiger partial charge is 0.681 e. The van der Waals surface area contributed by atoms with Crippen LogP contribution in [0.4, 0.5) is 5.69 Å². The Balaban J connectivity index is -0.000000817. The zero-order valence-corrected chi connectivity index (χ0v) is 18.3. The summed E-state index contributed by atoms with van der Waals surface area (Å²) >= 11 is 0. The van der Waals surface area contributed by atoms with Crippen LogP contribution in [0.1, 0.15) is 84.8 Å². The first-order valence-electron chi connectivity index (χ1n) is 8.76. The SMILES string of the molecule is CC(O)CC(C)[N-]c1c(C(C)C)cccc1C(C)C.[Al+3].[CH2-]C.[CH2-]C. The molecule has 1 aromatic carbocycles. The Morgan fingerprint density at radius 3 is 1.54 bits per heavy atom. The van der Waals surface area contributed by atoms with E-state index in [-0.39, 0.29) is 29.5 Å². The molecule has 0 aliphatic rings. The Morgan fingerprint density at radius 2 is 1.25 bits per heavy atom. The molecule has 1 rings (SSSR count). The number of rotatable bonds is 6. The molecule has 3 heteroatoms. The van der Waals surface area contributed by atoms with E-state index in [2.05, 4.69) is 66.7 Å². The van der Waals surface area contributed by atoms with Crippen molar-refractivity contribution in [1.29, 1.82) is 0 Å². The summed E-state index contributed by atoms with van der Waals surface area (Å²) in [5.41, 5.74) is 3.76. The first-order valence-corrected chi connectivity index (χ1v) is 8.76. The van der Waals surface area contributed by atoms with Gasteiger partial charge in [0.2, 0.25) is 0 Å². The molecule has 0 aliphatic heterocycles. The summed E-state index contributed by atoms with van der Waals surface area (Å²) in [4.78, 5) is 0. The minimum atomic E-state index is -0.299. The minimum absolute atomic E-state index is 0. The van der Waals surface area contributed by atoms with E-state index in [9.17, 15) is 5.11 Å². The summed E-state index contributed by atoms with van der Waals surface area (Å²) in [5.74, 6) is 0.937. The van der Waals surface area contributed by atoms with E-state index >= 15 is 0 Å². The molecule has 0 aromatic heterocycles. The van der Waals surface area contributed by atoms with Crippen molar-refractivity contribution in [3.8, 4) is 0 Å². The summed E-state index contributed by atoms with van der Waals surface area (Å²) in [6, 6.07) is 6.62. The molecule has 0 radical (unpaired) electrons. The van der Waals surface area contributed by atoms with Crippen LogP contribution in [0, 0.1) is 13.8 Å². The van der Waals surface area contributed by atoms with Crippen molar-refractivity contribution in [2.45, 2.75) is 85.8 Å². The first-order chi connectivity index (χ1) is 10.8. The molecule has 0 amide bonds. The monoisotopic (exact) mass is 347 g/mol. The molecule has 0 saturated carbocycles. The molecule has 1 N–H and O–H groups in total. The van der Waals surface area contributed by atoms with E-state index < -0.39 is 0 Å². The van der Waals surface area contributed by atoms with Crippen molar-refractivity contribution < 1.29 is 5.11 Å². The van der Waals surface area contributed by atoms with Crippen LogP contribution in [0.15, 0.2) is 18.2 Å². The van der Waals surface area contributed by atoms with Crippen molar-refractivity contribution in [1.82, 2.24) is 0 Å². The molecular weight excluding hydrogens is 309 g/mol. The zero-order chi connectivity index (χ0) is 18.6. The van der Waals surface area contributed by atoms with E-state index in [0.29, 0.717) is 18.3 Å². The van der Waals surface area contributed by atoms with Gasteiger partial charge in [-0.2, -0.15) is 13.8 Å². The summed E-state index contributed by atoms with van der Waals surface area (Å²) < 4.78 is 0. The maximum atomic E-state index is 9.50. The van der Waals surface area contributed by atoms with Crippen LogP contribution in [0.5, 0.6) is 0 Å². The summed E-state index contributed by atoms with van der Waals surface area (Å²) in [6.07, 6.45) is 0.414. The molecule has 0 spiro atoms. The van der Waals surface area contributed by atoms with Crippen LogP contribution >= 0.6 is 0 Å². The number of para-hydroxylation sites is 1. The van der Waals surface area contributed by atoms with Crippen molar-refractivity contribution in [2.24, 2.45) is 0 Å². The Bertz CT molecular complexity index is 377. The number of nitrogens with zero attached hydrogens (tertiary/aromatic N) is 1. The first kappa shape index (κ1) is 28.3. The van der Waals surface area contributed by atoms with Crippen molar-refractivity contribution in [3.05, 3.63) is 48.5 Å². The van der Waals surface area contributed by atoms with Gasteiger partial charge in [0.25, 0.3) is 0 Å². The van der Waals surface area contributed by atoms with Crippen LogP contribution in [-0.4, -0.2) is 34.6 Å². The van der Waals surface area contributed by atoms with E-state index in [1.54, 1.807) is 13.8 Å². The van der Waals surface area contributed by atoms with Crippen molar-refractivity contribution in [3.63, 3.8) is 0 Å². The topological polar surface area (TPSA) is 34.3 Å². The van der Waals surface area contributed by atoms with Gasteiger partial charge in [-0.3, -0.25) is 0 Å². The third-order valence-electron chi connectivity index (χ3n) is 3.37. The fourth-order valence-corrected chi connectivity index (χ4v) is 2.43. The number of hydrogen-bond acceptors (Lipinski definition) is 1. The van der Waals surface area contributed by atoms with Crippen molar-refractivity contribution >= 4 is 23.0 Å². The van der Waals surface area contributed by atoms with Crippen LogP contribution in [0.25, 0.3) is 5.32 Å². The molecule has 1 aromatic rings. The van der Waals surface area contributed by atoms with Gasteiger partial charge in [-0.1, -0.05) is 63.9 Å². The molecule has 0 saturated heterocycles. The second-order valence-corrected chi connectivity index (χ2v) is 6.16. The predicted octanol–water partition coefficient (Wildman–Crippen LogP) is 6.40. The second kappa shape index (κ2) is 16.0. The molecule has 2 atom stereocenters. The van der Waals surface area contributed by atoms with Gasteiger partial charge in [-0.25, -0.2) is 0 Å². The number of aliphatic hydroxyl groups excluding tert-OH is 1. The molecular formula is C21H38AlNO. The van der Waals surface area contributed by atoms with Crippen LogP contribution in [-0.2, 0) is 0 Å². The van der Waals surface area contributed by atoms with Gasteiger partial charge in [0.05, 0.1) is 0 Å². The van der Waals surface area contributed by atoms with Gasteiger partial charge in [0, 0.05) is 6.10 Å². The Hall–Kier alpha value is -0.488. The molecule has 0 aliphatic carbocycles. The van der Waals surface area contributed by atoms with E-state index in [1.165, 1.54) is 11.1 Å². The Kier molecular flexibility index (Phi) is 18.9. The number of hydrogen-bond donors (Lipinski definition) is 1. The van der Waals surface area contributed by atoms with Crippen LogP contribution in [0.3, 0.4) is 0 Å². The van der Waals surface area contributed by atoms with E-state index in [1.807, 2.05) is 6.92 Å². The minimum Gasteiger partial charge on any atom is -0.681 e. The number of aliphatic hydroxyl groups is 1. The summed E-state index contributed by atoms with van der Waals surface area (Å²) in [6.45, 7) is 22.7. The van der Waals surface area contributed by atoms with Gasteiger partial charge in [-0.05, 0) is 25.2 Å². The quantitative estimate of drug-likeness (QED) is 0.469. The average Bonchev–Trinajstić information content (AvgIpc) is 2.50. The maximum absolute atomic E-state index is 9.50. The molecule has 2 nitrogen and oxygen atoms in total. The average molecular weight is 348 g/mol. The summed E-state index contributed by atoms with van der Waals surface area (Å²) in [7, 11) is 0. The molecule has 0 heterocycles. The molecule has 0 fully saturated rings. The normalized spacial score (nSPS) is 12.2. The Labute approximate surface area is 162 Å². The standard InChI is InChI=1S/C17H28NO.2C2H5.Al/c1-11(2)15-8-7-9-16(12(3)4)17(15)18-13(5)10-14(6)19;2*1-2;/h7-9,11-14,19H,10H2,1-6H3;2*1H2,2H3;/q3*-1;+3. The van der Waals surface area contributed by atoms with Crippen LogP contribution in [0.2, 0.25) is 0 Å². The van der Waals surface area contributed by atoms with Gasteiger partial charge in [-0.15, -0.1) is 11.7 Å². The molecule has 0 bridgehead atoms. The molecule has 136 valence electrons. The molecule has 2 unspecified atom stereocenters. The largest absolute Gasteiger partial charge is 3.00 e. The third kappa shape index (κ3) is 10.4. The fraction of sp³-hybridized carbons (Fsp3) is 0.619. The van der Waals surface area contributed by atoms with Crippen LogP contribution < -0.4 is 0 Å². The Morgan fingerprint density at radius 1 is 0.875 bits per heavy atom. The third-order valence-corrected chi connectivity index (χ3v) is 3.37. The van der Waals surface area contributed by atoms with Gasteiger partial charge in [0.1, 0.15) is 0 Å². The fourth-order valence-electron chi connectivity index (χ4n) is 2.43. The van der Waals surface area contributed by atoms with Gasteiger partial charge < -0.3 is 24.3 Å². The van der Waals surface area contributed by atoms with Gasteiger partial charge in [0.15, 0.2) is 0 Å². The second-order valence-electron chi connectivity index (χ2n) is 6.16.